The summed E-state index contributed by atoms with van der Waals surface area (Å²) in [6.45, 7) is 1.89. The Morgan fingerprint density at radius 3 is 3.00 bits per heavy atom. The Balaban J connectivity index is 1.70. The molecule has 4 nitrogen and oxygen atoms in total. The molecule has 1 aliphatic rings. The van der Waals surface area contributed by atoms with E-state index >= 15 is 0 Å². The van der Waals surface area contributed by atoms with Crippen LogP contribution in [0.1, 0.15) is 12.8 Å². The van der Waals surface area contributed by atoms with Gasteiger partial charge in [-0.25, -0.2) is 0 Å². The number of anilines is 1. The van der Waals surface area contributed by atoms with Crippen LogP contribution in [0.3, 0.4) is 0 Å². The van der Waals surface area contributed by atoms with Crippen LogP contribution >= 0.6 is 15.9 Å². The molecule has 0 radical (unpaired) electrons. The van der Waals surface area contributed by atoms with Gasteiger partial charge in [-0.05, 0) is 40.9 Å². The van der Waals surface area contributed by atoms with E-state index < -0.39 is 0 Å². The van der Waals surface area contributed by atoms with Crippen LogP contribution in [0, 0.1) is 0 Å². The first-order valence-electron chi connectivity index (χ1n) is 6.12. The first kappa shape index (κ1) is 13.5. The number of para-hydroxylation sites is 1. The number of carbonyl (C=O) groups excluding carboxylic acids is 1. The van der Waals surface area contributed by atoms with Crippen molar-refractivity contribution < 1.29 is 9.53 Å². The number of carbonyl (C=O) groups is 1. The topological polar surface area (TPSA) is 50.4 Å². The molecule has 0 unspecified atom stereocenters. The Morgan fingerprint density at radius 1 is 1.44 bits per heavy atom. The lowest BCUT2D eigenvalue weighted by Gasteiger charge is -2.11. The fourth-order valence-corrected chi connectivity index (χ4v) is 2.29. The van der Waals surface area contributed by atoms with Crippen molar-refractivity contribution in [3.05, 3.63) is 28.7 Å². The zero-order chi connectivity index (χ0) is 12.8. The Labute approximate surface area is 115 Å². The highest BCUT2D eigenvalue weighted by Gasteiger charge is 2.15. The average molecular weight is 313 g/mol. The fourth-order valence-electron chi connectivity index (χ4n) is 1.91. The number of nitrogens with one attached hydrogen (secondary N) is 2. The largest absolute Gasteiger partial charge is 0.377 e. The van der Waals surface area contributed by atoms with Crippen molar-refractivity contribution in [3.8, 4) is 0 Å². The van der Waals surface area contributed by atoms with E-state index in [0.29, 0.717) is 6.54 Å². The Hall–Kier alpha value is -0.910. The molecule has 1 aliphatic heterocycles. The second-order valence-corrected chi connectivity index (χ2v) is 5.15. The molecule has 0 spiro atoms. The van der Waals surface area contributed by atoms with Crippen LogP contribution in [0.15, 0.2) is 28.7 Å². The summed E-state index contributed by atoms with van der Waals surface area (Å²) in [6, 6.07) is 7.56. The lowest BCUT2D eigenvalue weighted by molar-refractivity contribution is -0.115. The predicted octanol–water partition coefficient (Wildman–Crippen LogP) is 2.16. The van der Waals surface area contributed by atoms with Crippen LogP contribution < -0.4 is 10.6 Å². The molecule has 0 saturated carbocycles. The van der Waals surface area contributed by atoms with E-state index in [1.165, 1.54) is 0 Å². The molecule has 2 rings (SSSR count). The highest BCUT2D eigenvalue weighted by Crippen LogP contribution is 2.20. The molecular weight excluding hydrogens is 296 g/mol. The van der Waals surface area contributed by atoms with Crippen LogP contribution in [0.2, 0.25) is 0 Å². The van der Waals surface area contributed by atoms with E-state index in [4.69, 9.17) is 4.74 Å². The van der Waals surface area contributed by atoms with Crippen molar-refractivity contribution in [2.75, 3.05) is 25.0 Å². The van der Waals surface area contributed by atoms with Gasteiger partial charge >= 0.3 is 0 Å². The van der Waals surface area contributed by atoms with Crippen LogP contribution in [0.25, 0.3) is 0 Å². The van der Waals surface area contributed by atoms with E-state index in [1.807, 2.05) is 24.3 Å². The summed E-state index contributed by atoms with van der Waals surface area (Å²) >= 11 is 3.39. The maximum absolute atomic E-state index is 11.7. The third kappa shape index (κ3) is 4.08. The Morgan fingerprint density at radius 2 is 2.28 bits per heavy atom. The van der Waals surface area contributed by atoms with E-state index in [1.54, 1.807) is 0 Å². The van der Waals surface area contributed by atoms with Gasteiger partial charge in [0.2, 0.25) is 5.91 Å². The van der Waals surface area contributed by atoms with Gasteiger partial charge in [-0.3, -0.25) is 4.79 Å². The molecule has 18 heavy (non-hydrogen) atoms. The first-order chi connectivity index (χ1) is 8.75. The summed E-state index contributed by atoms with van der Waals surface area (Å²) in [7, 11) is 0. The minimum Gasteiger partial charge on any atom is -0.377 e. The summed E-state index contributed by atoms with van der Waals surface area (Å²) in [5.41, 5.74) is 0.793. The number of rotatable bonds is 5. The van der Waals surface area contributed by atoms with Gasteiger partial charge < -0.3 is 15.4 Å². The molecule has 5 heteroatoms. The third-order valence-corrected chi connectivity index (χ3v) is 3.52. The third-order valence-electron chi connectivity index (χ3n) is 2.83. The second kappa shape index (κ2) is 6.87. The van der Waals surface area contributed by atoms with Gasteiger partial charge in [-0.1, -0.05) is 12.1 Å². The highest BCUT2D eigenvalue weighted by molar-refractivity contribution is 9.10. The number of halogens is 1. The van der Waals surface area contributed by atoms with Crippen LogP contribution in [0.5, 0.6) is 0 Å². The first-order valence-corrected chi connectivity index (χ1v) is 6.91. The van der Waals surface area contributed by atoms with Gasteiger partial charge in [-0.15, -0.1) is 0 Å². The quantitative estimate of drug-likeness (QED) is 0.876. The summed E-state index contributed by atoms with van der Waals surface area (Å²) < 4.78 is 6.36. The van der Waals surface area contributed by atoms with Gasteiger partial charge in [0, 0.05) is 17.6 Å². The summed E-state index contributed by atoms with van der Waals surface area (Å²) in [6.07, 6.45) is 2.47. The SMILES string of the molecule is O=C(CNC[C@@H]1CCCO1)Nc1ccccc1Br. The van der Waals surface area contributed by atoms with E-state index in [2.05, 4.69) is 26.6 Å². The minimum atomic E-state index is -0.0418. The normalized spacial score (nSPS) is 18.8. The molecule has 0 aliphatic carbocycles. The number of benzene rings is 1. The molecular formula is C13H17BrN2O2. The minimum absolute atomic E-state index is 0.0418. The number of amides is 1. The molecule has 1 aromatic carbocycles. The zero-order valence-corrected chi connectivity index (χ0v) is 11.7. The Kier molecular flexibility index (Phi) is 5.16. The molecule has 0 aromatic heterocycles. The van der Waals surface area contributed by atoms with Crippen molar-refractivity contribution >= 4 is 27.5 Å². The van der Waals surface area contributed by atoms with Gasteiger partial charge in [0.1, 0.15) is 0 Å². The van der Waals surface area contributed by atoms with Crippen LogP contribution in [-0.4, -0.2) is 31.7 Å². The predicted molar refractivity (Wildman–Crippen MR) is 74.6 cm³/mol. The molecule has 1 saturated heterocycles. The smallest absolute Gasteiger partial charge is 0.238 e. The van der Waals surface area contributed by atoms with Gasteiger partial charge in [0.05, 0.1) is 18.3 Å². The summed E-state index contributed by atoms with van der Waals surface area (Å²) in [5, 5.41) is 5.96. The fraction of sp³-hybridized carbons (Fsp3) is 0.462. The number of ether oxygens (including phenoxy) is 1. The maximum atomic E-state index is 11.7. The van der Waals surface area contributed by atoms with Crippen molar-refractivity contribution in [1.29, 1.82) is 0 Å². The zero-order valence-electron chi connectivity index (χ0n) is 10.1. The van der Waals surface area contributed by atoms with Crippen molar-refractivity contribution in [1.82, 2.24) is 5.32 Å². The molecule has 0 bridgehead atoms. The maximum Gasteiger partial charge on any atom is 0.238 e. The summed E-state index contributed by atoms with van der Waals surface area (Å²) in [4.78, 5) is 11.7. The Bertz CT molecular complexity index is 406. The van der Waals surface area contributed by atoms with E-state index in [9.17, 15) is 4.79 Å². The standard InChI is InChI=1S/C13H17BrN2O2/c14-11-5-1-2-6-12(11)16-13(17)9-15-8-10-4-3-7-18-10/h1-2,5-6,10,15H,3-4,7-9H2,(H,16,17)/t10-/m0/s1. The van der Waals surface area contributed by atoms with Crippen molar-refractivity contribution in [3.63, 3.8) is 0 Å². The van der Waals surface area contributed by atoms with Gasteiger partial charge in [-0.2, -0.15) is 0 Å². The van der Waals surface area contributed by atoms with Crippen LogP contribution in [-0.2, 0) is 9.53 Å². The number of hydrogen-bond acceptors (Lipinski definition) is 3. The number of hydrogen-bond donors (Lipinski definition) is 2. The summed E-state index contributed by atoms with van der Waals surface area (Å²) in [5.74, 6) is -0.0418. The van der Waals surface area contributed by atoms with E-state index in [-0.39, 0.29) is 12.0 Å². The molecule has 1 amide bonds. The van der Waals surface area contributed by atoms with E-state index in [0.717, 1.165) is 36.2 Å². The molecule has 98 valence electrons. The van der Waals surface area contributed by atoms with Crippen molar-refractivity contribution in [2.45, 2.75) is 18.9 Å². The molecule has 1 fully saturated rings. The molecule has 1 aromatic rings. The lowest BCUT2D eigenvalue weighted by Crippen LogP contribution is -2.33. The van der Waals surface area contributed by atoms with Crippen LogP contribution in [0.4, 0.5) is 5.69 Å². The second-order valence-electron chi connectivity index (χ2n) is 4.29. The molecule has 1 atom stereocenters. The molecule has 2 N–H and O–H groups in total. The monoisotopic (exact) mass is 312 g/mol. The van der Waals surface area contributed by atoms with Gasteiger partial charge in [0.15, 0.2) is 0 Å². The van der Waals surface area contributed by atoms with Gasteiger partial charge in [0.25, 0.3) is 0 Å². The highest BCUT2D eigenvalue weighted by atomic mass is 79.9. The lowest BCUT2D eigenvalue weighted by atomic mass is 10.2. The average Bonchev–Trinajstić information content (AvgIpc) is 2.85. The molecule has 1 heterocycles. The van der Waals surface area contributed by atoms with Crippen molar-refractivity contribution in [2.24, 2.45) is 0 Å².